The summed E-state index contributed by atoms with van der Waals surface area (Å²) in [4.78, 5) is 11.9. The lowest BCUT2D eigenvalue weighted by molar-refractivity contribution is -0.148. The van der Waals surface area contributed by atoms with Crippen molar-refractivity contribution in [2.24, 2.45) is 0 Å². The number of hydrogen-bond donors (Lipinski definition) is 2. The van der Waals surface area contributed by atoms with E-state index < -0.39 is 12.0 Å². The van der Waals surface area contributed by atoms with E-state index in [-0.39, 0.29) is 17.3 Å². The SMILES string of the molecule is CC(C)(C)OC(O)Nc1con(C2CSC2)c1=O. The van der Waals surface area contributed by atoms with E-state index >= 15 is 0 Å². The van der Waals surface area contributed by atoms with Crippen molar-refractivity contribution in [3.05, 3.63) is 16.6 Å². The minimum atomic E-state index is -1.24. The van der Waals surface area contributed by atoms with Crippen LogP contribution in [0.4, 0.5) is 5.69 Å². The second-order valence-corrected chi connectivity index (χ2v) is 6.26. The topological polar surface area (TPSA) is 76.6 Å². The summed E-state index contributed by atoms with van der Waals surface area (Å²) in [6.45, 7) is 5.45. The molecule has 0 aliphatic carbocycles. The van der Waals surface area contributed by atoms with Crippen LogP contribution >= 0.6 is 11.8 Å². The summed E-state index contributed by atoms with van der Waals surface area (Å²) in [5.41, 5.74) is -0.555. The Morgan fingerprint density at radius 3 is 2.78 bits per heavy atom. The van der Waals surface area contributed by atoms with Crippen LogP contribution in [0.25, 0.3) is 0 Å². The molecule has 6 nitrogen and oxygen atoms in total. The van der Waals surface area contributed by atoms with Crippen molar-refractivity contribution in [1.82, 2.24) is 4.74 Å². The highest BCUT2D eigenvalue weighted by Gasteiger charge is 2.26. The summed E-state index contributed by atoms with van der Waals surface area (Å²) in [5.74, 6) is 1.77. The van der Waals surface area contributed by atoms with Gasteiger partial charge in [-0.15, -0.1) is 0 Å². The third-order valence-corrected chi connectivity index (χ3v) is 3.65. The molecule has 1 aromatic rings. The highest BCUT2D eigenvalue weighted by molar-refractivity contribution is 8.00. The quantitative estimate of drug-likeness (QED) is 0.804. The van der Waals surface area contributed by atoms with Crippen LogP contribution in [0, 0.1) is 0 Å². The average molecular weight is 274 g/mol. The number of aromatic nitrogens is 1. The first-order valence-electron chi connectivity index (χ1n) is 5.77. The molecule has 0 amide bonds. The fourth-order valence-corrected chi connectivity index (χ4v) is 2.25. The van der Waals surface area contributed by atoms with Crippen LogP contribution in [0.15, 0.2) is 15.6 Å². The summed E-state index contributed by atoms with van der Waals surface area (Å²) >= 11 is 1.77. The molecule has 1 atom stereocenters. The summed E-state index contributed by atoms with van der Waals surface area (Å²) in [7, 11) is 0. The van der Waals surface area contributed by atoms with E-state index in [1.807, 2.05) is 20.8 Å². The maximum absolute atomic E-state index is 11.9. The van der Waals surface area contributed by atoms with Gasteiger partial charge in [0.25, 0.3) is 0 Å². The molecule has 1 saturated heterocycles. The van der Waals surface area contributed by atoms with E-state index in [1.165, 1.54) is 11.0 Å². The predicted molar refractivity (Wildman–Crippen MR) is 69.8 cm³/mol. The van der Waals surface area contributed by atoms with Gasteiger partial charge in [0.15, 0.2) is 0 Å². The van der Waals surface area contributed by atoms with Gasteiger partial charge in [0.1, 0.15) is 12.0 Å². The number of aliphatic hydroxyl groups is 1. The molecule has 2 rings (SSSR count). The monoisotopic (exact) mass is 274 g/mol. The predicted octanol–water partition coefficient (Wildman–Crippen LogP) is 1.23. The average Bonchev–Trinajstić information content (AvgIpc) is 2.44. The number of nitrogens with one attached hydrogen (secondary N) is 1. The summed E-state index contributed by atoms with van der Waals surface area (Å²) < 4.78 is 11.8. The largest absolute Gasteiger partial charge is 0.382 e. The number of ether oxygens (including phenoxy) is 1. The van der Waals surface area contributed by atoms with Crippen LogP contribution < -0.4 is 10.9 Å². The van der Waals surface area contributed by atoms with Gasteiger partial charge in [-0.3, -0.25) is 4.79 Å². The number of thioether (sulfide) groups is 1. The normalized spacial score (nSPS) is 18.4. The minimum Gasteiger partial charge on any atom is -0.382 e. The highest BCUT2D eigenvalue weighted by Crippen LogP contribution is 2.28. The number of anilines is 1. The molecule has 102 valence electrons. The molecule has 18 heavy (non-hydrogen) atoms. The molecule has 0 bridgehead atoms. The zero-order valence-corrected chi connectivity index (χ0v) is 11.5. The van der Waals surface area contributed by atoms with Crippen molar-refractivity contribution >= 4 is 17.4 Å². The van der Waals surface area contributed by atoms with E-state index in [0.717, 1.165) is 11.5 Å². The molecule has 0 spiro atoms. The van der Waals surface area contributed by atoms with Crippen LogP contribution in [0.1, 0.15) is 26.8 Å². The molecular weight excluding hydrogens is 256 g/mol. The van der Waals surface area contributed by atoms with E-state index in [1.54, 1.807) is 11.8 Å². The zero-order valence-electron chi connectivity index (χ0n) is 10.7. The highest BCUT2D eigenvalue weighted by atomic mass is 32.2. The number of hydrogen-bond acceptors (Lipinski definition) is 6. The van der Waals surface area contributed by atoms with Gasteiger partial charge in [-0.1, -0.05) is 0 Å². The Bertz CT molecular complexity index is 458. The van der Waals surface area contributed by atoms with Gasteiger partial charge in [0.05, 0.1) is 11.6 Å². The molecule has 0 aromatic carbocycles. The number of nitrogens with zero attached hydrogens (tertiary/aromatic N) is 1. The Hall–Kier alpha value is -0.920. The minimum absolute atomic E-state index is 0.124. The standard InChI is InChI=1S/C11H18N2O4S/c1-11(2,3)17-10(15)12-8-4-16-13(9(8)14)7-5-18-6-7/h4,7,10,12,15H,5-6H2,1-3H3. The van der Waals surface area contributed by atoms with Crippen LogP contribution in [0.3, 0.4) is 0 Å². The Balaban J connectivity index is 2.01. The fourth-order valence-electron chi connectivity index (χ4n) is 1.53. The molecule has 2 N–H and O–H groups in total. The van der Waals surface area contributed by atoms with Gasteiger partial charge in [-0.2, -0.15) is 16.5 Å². The van der Waals surface area contributed by atoms with Crippen LogP contribution in [-0.4, -0.2) is 33.4 Å². The van der Waals surface area contributed by atoms with Crippen LogP contribution in [-0.2, 0) is 4.74 Å². The van der Waals surface area contributed by atoms with Crippen molar-refractivity contribution in [2.75, 3.05) is 16.8 Å². The maximum Gasteiger partial charge on any atom is 0.306 e. The van der Waals surface area contributed by atoms with Crippen molar-refractivity contribution in [1.29, 1.82) is 0 Å². The first kappa shape index (κ1) is 13.5. The van der Waals surface area contributed by atoms with Crippen molar-refractivity contribution in [3.8, 4) is 0 Å². The Morgan fingerprint density at radius 1 is 1.61 bits per heavy atom. The second-order valence-electron chi connectivity index (χ2n) is 5.19. The molecule has 1 aromatic heterocycles. The summed E-state index contributed by atoms with van der Waals surface area (Å²) in [6.07, 6.45) is 0.0696. The number of rotatable bonds is 4. The first-order chi connectivity index (χ1) is 8.37. The number of aliphatic hydroxyl groups excluding tert-OH is 1. The Morgan fingerprint density at radius 2 is 2.28 bits per heavy atom. The first-order valence-corrected chi connectivity index (χ1v) is 6.93. The third kappa shape index (κ3) is 3.09. The van der Waals surface area contributed by atoms with E-state index in [2.05, 4.69) is 5.32 Å². The Kier molecular flexibility index (Phi) is 3.74. The van der Waals surface area contributed by atoms with E-state index in [4.69, 9.17) is 9.26 Å². The van der Waals surface area contributed by atoms with Gasteiger partial charge in [-0.25, -0.2) is 0 Å². The van der Waals surface area contributed by atoms with Gasteiger partial charge < -0.3 is 19.7 Å². The molecule has 1 fully saturated rings. The van der Waals surface area contributed by atoms with Gasteiger partial charge in [0, 0.05) is 11.5 Å². The van der Waals surface area contributed by atoms with Crippen LogP contribution in [0.2, 0.25) is 0 Å². The summed E-state index contributed by atoms with van der Waals surface area (Å²) in [5, 5.41) is 12.2. The maximum atomic E-state index is 11.9. The molecule has 1 aliphatic rings. The lowest BCUT2D eigenvalue weighted by Gasteiger charge is -2.24. The second kappa shape index (κ2) is 4.99. The van der Waals surface area contributed by atoms with Crippen molar-refractivity contribution in [3.63, 3.8) is 0 Å². The molecule has 2 heterocycles. The molecule has 1 aliphatic heterocycles. The Labute approximate surface area is 109 Å². The lowest BCUT2D eigenvalue weighted by Crippen LogP contribution is -2.35. The molecule has 7 heteroatoms. The van der Waals surface area contributed by atoms with Crippen molar-refractivity contribution in [2.45, 2.75) is 38.8 Å². The zero-order chi connectivity index (χ0) is 13.3. The van der Waals surface area contributed by atoms with Gasteiger partial charge in [-0.05, 0) is 20.8 Å². The van der Waals surface area contributed by atoms with E-state index in [9.17, 15) is 9.90 Å². The molecule has 1 unspecified atom stereocenters. The van der Waals surface area contributed by atoms with Gasteiger partial charge in [0.2, 0.25) is 6.41 Å². The molecular formula is C11H18N2O4S. The molecule has 0 radical (unpaired) electrons. The van der Waals surface area contributed by atoms with Crippen molar-refractivity contribution < 1.29 is 14.4 Å². The van der Waals surface area contributed by atoms with Crippen LogP contribution in [0.5, 0.6) is 0 Å². The van der Waals surface area contributed by atoms with Gasteiger partial charge >= 0.3 is 5.56 Å². The fraction of sp³-hybridized carbons (Fsp3) is 0.727. The third-order valence-electron chi connectivity index (χ3n) is 2.41. The van der Waals surface area contributed by atoms with E-state index in [0.29, 0.717) is 0 Å². The lowest BCUT2D eigenvalue weighted by atomic mass is 10.2. The summed E-state index contributed by atoms with van der Waals surface area (Å²) in [6, 6.07) is 0.124. The molecule has 0 saturated carbocycles. The smallest absolute Gasteiger partial charge is 0.306 e.